The molecule has 2 aromatic carbocycles. The summed E-state index contributed by atoms with van der Waals surface area (Å²) in [5.41, 5.74) is 1.45. The largest absolute Gasteiger partial charge is 0.497 e. The average molecular weight is 396 g/mol. The second-order valence-electron chi connectivity index (χ2n) is 7.22. The molecule has 2 aromatic rings. The molecule has 154 valence electrons. The fourth-order valence-electron chi connectivity index (χ4n) is 3.47. The van der Waals surface area contributed by atoms with Crippen LogP contribution in [0, 0.1) is 0 Å². The number of ketones is 1. The van der Waals surface area contributed by atoms with Crippen molar-refractivity contribution in [2.24, 2.45) is 0 Å². The Labute approximate surface area is 171 Å². The molecule has 0 spiro atoms. The maximum atomic E-state index is 12.2. The maximum Gasteiger partial charge on any atom is 0.319 e. The molecule has 0 atom stereocenters. The molecule has 1 aliphatic rings. The van der Waals surface area contributed by atoms with Gasteiger partial charge in [0.15, 0.2) is 5.78 Å². The first-order chi connectivity index (χ1) is 14.1. The minimum atomic E-state index is -0.198. The van der Waals surface area contributed by atoms with E-state index in [0.717, 1.165) is 48.4 Å². The molecule has 1 aliphatic carbocycles. The van der Waals surface area contributed by atoms with E-state index in [1.54, 1.807) is 7.11 Å². The number of carbonyl (C=O) groups excluding carboxylic acids is 2. The molecule has 0 radical (unpaired) electrons. The molecule has 0 unspecified atom stereocenters. The van der Waals surface area contributed by atoms with Crippen LogP contribution in [0.25, 0.3) is 0 Å². The summed E-state index contributed by atoms with van der Waals surface area (Å²) in [6.07, 6.45) is 4.13. The van der Waals surface area contributed by atoms with Crippen molar-refractivity contribution in [2.45, 2.75) is 51.2 Å². The van der Waals surface area contributed by atoms with Crippen molar-refractivity contribution < 1.29 is 19.1 Å². The number of ether oxygens (including phenoxy) is 2. The summed E-state index contributed by atoms with van der Waals surface area (Å²) in [7, 11) is 1.61. The summed E-state index contributed by atoms with van der Waals surface area (Å²) in [5, 5.41) is 5.88. The van der Waals surface area contributed by atoms with Gasteiger partial charge in [-0.3, -0.25) is 4.79 Å². The summed E-state index contributed by atoms with van der Waals surface area (Å²) >= 11 is 0. The summed E-state index contributed by atoms with van der Waals surface area (Å²) in [4.78, 5) is 23.9. The lowest BCUT2D eigenvalue weighted by Crippen LogP contribution is -2.41. The number of carbonyl (C=O) groups is 2. The van der Waals surface area contributed by atoms with E-state index in [2.05, 4.69) is 10.6 Å². The molecule has 0 bridgehead atoms. The van der Waals surface area contributed by atoms with E-state index in [9.17, 15) is 9.59 Å². The number of amides is 2. The molecule has 1 saturated carbocycles. The second kappa shape index (κ2) is 9.96. The first-order valence-corrected chi connectivity index (χ1v) is 10.1. The first kappa shape index (κ1) is 20.7. The fraction of sp³-hybridized carbons (Fsp3) is 0.391. The van der Waals surface area contributed by atoms with Gasteiger partial charge in [0.05, 0.1) is 13.2 Å². The molecule has 0 aliphatic heterocycles. The van der Waals surface area contributed by atoms with Crippen molar-refractivity contribution in [3.63, 3.8) is 0 Å². The number of benzene rings is 2. The van der Waals surface area contributed by atoms with Gasteiger partial charge in [-0.15, -0.1) is 0 Å². The van der Waals surface area contributed by atoms with E-state index in [-0.39, 0.29) is 24.0 Å². The lowest BCUT2D eigenvalue weighted by molar-refractivity contribution is 0.0988. The molecule has 1 fully saturated rings. The molecule has 0 saturated heterocycles. The van der Waals surface area contributed by atoms with Crippen LogP contribution < -0.4 is 20.1 Å². The molecule has 0 heterocycles. The second-order valence-corrected chi connectivity index (χ2v) is 7.22. The molecule has 29 heavy (non-hydrogen) atoms. The number of Topliss-reactive ketones (excluding diaryl/α,β-unsaturated/α-hetero) is 1. The maximum absolute atomic E-state index is 12.2. The van der Waals surface area contributed by atoms with Crippen LogP contribution in [-0.4, -0.2) is 31.1 Å². The predicted molar refractivity (Wildman–Crippen MR) is 113 cm³/mol. The summed E-state index contributed by atoms with van der Waals surface area (Å²) in [5.74, 6) is 1.67. The van der Waals surface area contributed by atoms with Crippen LogP contribution in [0.1, 0.15) is 49.4 Å². The van der Waals surface area contributed by atoms with Gasteiger partial charge in [0.1, 0.15) is 11.5 Å². The smallest absolute Gasteiger partial charge is 0.319 e. The summed E-state index contributed by atoms with van der Waals surface area (Å²) in [6.45, 7) is 1.86. The van der Waals surface area contributed by atoms with E-state index in [0.29, 0.717) is 6.42 Å². The Morgan fingerprint density at radius 3 is 2.14 bits per heavy atom. The molecular weight excluding hydrogens is 368 g/mol. The Morgan fingerprint density at radius 2 is 1.55 bits per heavy atom. The SMILES string of the molecule is CCC(=O)c1ccc(OC2CCC(NC(=O)Nc3ccc(OC)cc3)CC2)cc1. The van der Waals surface area contributed by atoms with Crippen LogP contribution in [-0.2, 0) is 0 Å². The van der Waals surface area contributed by atoms with Crippen LogP contribution >= 0.6 is 0 Å². The zero-order chi connectivity index (χ0) is 20.6. The highest BCUT2D eigenvalue weighted by molar-refractivity contribution is 5.95. The minimum absolute atomic E-state index is 0.130. The Morgan fingerprint density at radius 1 is 0.931 bits per heavy atom. The van der Waals surface area contributed by atoms with Crippen LogP contribution in [0.2, 0.25) is 0 Å². The lowest BCUT2D eigenvalue weighted by Gasteiger charge is -2.29. The number of methoxy groups -OCH3 is 1. The van der Waals surface area contributed by atoms with Crippen molar-refractivity contribution in [1.29, 1.82) is 0 Å². The van der Waals surface area contributed by atoms with Gasteiger partial charge < -0.3 is 20.1 Å². The van der Waals surface area contributed by atoms with Crippen molar-refractivity contribution >= 4 is 17.5 Å². The van der Waals surface area contributed by atoms with E-state index < -0.39 is 0 Å². The normalized spacial score (nSPS) is 18.6. The average Bonchev–Trinajstić information content (AvgIpc) is 2.75. The number of anilines is 1. The van der Waals surface area contributed by atoms with E-state index in [1.165, 1.54) is 0 Å². The van der Waals surface area contributed by atoms with Crippen molar-refractivity contribution in [3.05, 3.63) is 54.1 Å². The molecule has 3 rings (SSSR count). The molecule has 6 nitrogen and oxygen atoms in total. The third-order valence-corrected chi connectivity index (χ3v) is 5.16. The van der Waals surface area contributed by atoms with Crippen molar-refractivity contribution in [3.8, 4) is 11.5 Å². The standard InChI is InChI=1S/C23H28N2O4/c1-3-22(26)16-4-10-20(11-5-16)29-21-14-8-18(9-15-21)25-23(27)24-17-6-12-19(28-2)13-7-17/h4-7,10-13,18,21H,3,8-9,14-15H2,1-2H3,(H2,24,25,27). The van der Waals surface area contributed by atoms with Gasteiger partial charge in [0.2, 0.25) is 0 Å². The van der Waals surface area contributed by atoms with Crippen LogP contribution in [0.3, 0.4) is 0 Å². The summed E-state index contributed by atoms with van der Waals surface area (Å²) < 4.78 is 11.2. The number of urea groups is 1. The number of hydrogen-bond acceptors (Lipinski definition) is 4. The van der Waals surface area contributed by atoms with Gasteiger partial charge in [-0.25, -0.2) is 4.79 Å². The lowest BCUT2D eigenvalue weighted by atomic mass is 9.93. The highest BCUT2D eigenvalue weighted by atomic mass is 16.5. The third kappa shape index (κ3) is 5.98. The molecule has 0 aromatic heterocycles. The van der Waals surface area contributed by atoms with Crippen LogP contribution in [0.15, 0.2) is 48.5 Å². The van der Waals surface area contributed by atoms with E-state index in [4.69, 9.17) is 9.47 Å². The quantitative estimate of drug-likeness (QED) is 0.659. The van der Waals surface area contributed by atoms with Gasteiger partial charge in [0.25, 0.3) is 0 Å². The Hall–Kier alpha value is -3.02. The van der Waals surface area contributed by atoms with Crippen LogP contribution in [0.5, 0.6) is 11.5 Å². The zero-order valence-electron chi connectivity index (χ0n) is 16.9. The predicted octanol–water partition coefficient (Wildman–Crippen LogP) is 4.80. The Bertz CT molecular complexity index is 810. The van der Waals surface area contributed by atoms with Gasteiger partial charge in [-0.2, -0.15) is 0 Å². The van der Waals surface area contributed by atoms with E-state index >= 15 is 0 Å². The fourth-order valence-corrected chi connectivity index (χ4v) is 3.47. The minimum Gasteiger partial charge on any atom is -0.497 e. The van der Waals surface area contributed by atoms with Crippen molar-refractivity contribution in [2.75, 3.05) is 12.4 Å². The van der Waals surface area contributed by atoms with Gasteiger partial charge in [0, 0.05) is 23.7 Å². The molecule has 2 amide bonds. The molecule has 2 N–H and O–H groups in total. The Balaban J connectivity index is 1.41. The van der Waals surface area contributed by atoms with Gasteiger partial charge in [-0.1, -0.05) is 6.92 Å². The third-order valence-electron chi connectivity index (χ3n) is 5.16. The van der Waals surface area contributed by atoms with Crippen LogP contribution in [0.4, 0.5) is 10.5 Å². The summed E-state index contributed by atoms with van der Waals surface area (Å²) in [6, 6.07) is 14.5. The topological polar surface area (TPSA) is 76.7 Å². The number of rotatable bonds is 7. The highest BCUT2D eigenvalue weighted by Gasteiger charge is 2.23. The van der Waals surface area contributed by atoms with Crippen molar-refractivity contribution in [1.82, 2.24) is 5.32 Å². The van der Waals surface area contributed by atoms with Gasteiger partial charge in [-0.05, 0) is 74.2 Å². The number of hydrogen-bond donors (Lipinski definition) is 2. The zero-order valence-corrected chi connectivity index (χ0v) is 16.9. The van der Waals surface area contributed by atoms with E-state index in [1.807, 2.05) is 55.5 Å². The Kier molecular flexibility index (Phi) is 7.11. The number of nitrogens with one attached hydrogen (secondary N) is 2. The monoisotopic (exact) mass is 396 g/mol. The molecular formula is C23H28N2O4. The highest BCUT2D eigenvalue weighted by Crippen LogP contribution is 2.24. The first-order valence-electron chi connectivity index (χ1n) is 10.1. The van der Waals surface area contributed by atoms with Gasteiger partial charge >= 0.3 is 6.03 Å². The molecule has 6 heteroatoms.